The Balaban J connectivity index is 2.77. The lowest BCUT2D eigenvalue weighted by atomic mass is 10.3. The van der Waals surface area contributed by atoms with E-state index in [0.717, 1.165) is 3.57 Å². The molecule has 0 aliphatic carbocycles. The number of halogens is 1. The highest BCUT2D eigenvalue weighted by Crippen LogP contribution is 2.07. The number of rotatable bonds is 2. The number of hydrogen-bond acceptors (Lipinski definition) is 2. The third kappa shape index (κ3) is 1.96. The van der Waals surface area contributed by atoms with Gasteiger partial charge in [0.15, 0.2) is 0 Å². The van der Waals surface area contributed by atoms with E-state index in [2.05, 4.69) is 33.0 Å². The van der Waals surface area contributed by atoms with E-state index in [9.17, 15) is 4.79 Å². The fraction of sp³-hybridized carbons (Fsp3) is 0.429. The zero-order chi connectivity index (χ0) is 9.14. The zero-order valence-electron chi connectivity index (χ0n) is 6.91. The van der Waals surface area contributed by atoms with Crippen LogP contribution in [0.5, 0.6) is 0 Å². The molecule has 0 radical (unpaired) electrons. The molecule has 0 aliphatic rings. The van der Waals surface area contributed by atoms with Crippen LogP contribution in [0.3, 0.4) is 0 Å². The second-order valence-corrected chi connectivity index (χ2v) is 3.67. The number of carbonyl (C=O) groups is 1. The normalized spacial score (nSPS) is 12.6. The molecule has 0 spiro atoms. The van der Waals surface area contributed by atoms with Gasteiger partial charge in [0.1, 0.15) is 6.04 Å². The maximum Gasteiger partial charge on any atom is 0.244 e. The topological polar surface area (TPSA) is 46.9 Å². The maximum absolute atomic E-state index is 11.1. The van der Waals surface area contributed by atoms with Gasteiger partial charge in [-0.25, -0.2) is 0 Å². The highest BCUT2D eigenvalue weighted by molar-refractivity contribution is 14.1. The van der Waals surface area contributed by atoms with Gasteiger partial charge in [-0.3, -0.25) is 9.48 Å². The Kier molecular flexibility index (Phi) is 3.07. The first-order valence-electron chi connectivity index (χ1n) is 3.56. The first-order chi connectivity index (χ1) is 5.65. The summed E-state index contributed by atoms with van der Waals surface area (Å²) < 4.78 is 2.67. The minimum atomic E-state index is -0.237. The Bertz CT molecular complexity index is 284. The summed E-state index contributed by atoms with van der Waals surface area (Å²) in [5.74, 6) is -0.0329. The van der Waals surface area contributed by atoms with Crippen molar-refractivity contribution in [3.8, 4) is 0 Å². The first kappa shape index (κ1) is 9.50. The second kappa shape index (κ2) is 3.88. The average molecular weight is 279 g/mol. The number of carbonyl (C=O) groups excluding carboxylic acids is 1. The number of nitrogens with zero attached hydrogens (tertiary/aromatic N) is 2. The van der Waals surface area contributed by atoms with Gasteiger partial charge >= 0.3 is 0 Å². The Hall–Kier alpha value is -0.590. The van der Waals surface area contributed by atoms with Gasteiger partial charge in [0, 0.05) is 13.2 Å². The average Bonchev–Trinajstić information content (AvgIpc) is 2.49. The van der Waals surface area contributed by atoms with Crippen LogP contribution in [-0.4, -0.2) is 22.7 Å². The van der Waals surface area contributed by atoms with Crippen LogP contribution in [0.4, 0.5) is 0 Å². The van der Waals surface area contributed by atoms with Crippen molar-refractivity contribution >= 4 is 28.5 Å². The van der Waals surface area contributed by atoms with E-state index >= 15 is 0 Å². The molecule has 1 N–H and O–H groups in total. The predicted octanol–water partition coefficient (Wildman–Crippen LogP) is 0.795. The predicted molar refractivity (Wildman–Crippen MR) is 53.7 cm³/mol. The molecule has 1 aromatic heterocycles. The monoisotopic (exact) mass is 279 g/mol. The van der Waals surface area contributed by atoms with E-state index in [1.807, 2.05) is 13.1 Å². The smallest absolute Gasteiger partial charge is 0.244 e. The molecule has 0 bridgehead atoms. The van der Waals surface area contributed by atoms with Crippen LogP contribution in [0.15, 0.2) is 12.4 Å². The molecular weight excluding hydrogens is 269 g/mol. The lowest BCUT2D eigenvalue weighted by Crippen LogP contribution is -2.27. The number of likely N-dealkylation sites (N-methyl/N-ethyl adjacent to an activating group) is 1. The van der Waals surface area contributed by atoms with Crippen molar-refractivity contribution in [2.75, 3.05) is 7.05 Å². The Morgan fingerprint density at radius 3 is 2.92 bits per heavy atom. The minimum Gasteiger partial charge on any atom is -0.357 e. The van der Waals surface area contributed by atoms with Crippen LogP contribution in [0.2, 0.25) is 0 Å². The summed E-state index contributed by atoms with van der Waals surface area (Å²) in [6.45, 7) is 1.81. The molecule has 5 heteroatoms. The fourth-order valence-electron chi connectivity index (χ4n) is 0.856. The summed E-state index contributed by atoms with van der Waals surface area (Å²) in [7, 11) is 1.62. The number of amides is 1. The molecule has 1 unspecified atom stereocenters. The van der Waals surface area contributed by atoms with Crippen molar-refractivity contribution in [2.45, 2.75) is 13.0 Å². The van der Waals surface area contributed by atoms with Gasteiger partial charge in [0.25, 0.3) is 0 Å². The molecule has 1 heterocycles. The van der Waals surface area contributed by atoms with Crippen LogP contribution in [0.1, 0.15) is 13.0 Å². The summed E-state index contributed by atoms with van der Waals surface area (Å²) >= 11 is 2.15. The summed E-state index contributed by atoms with van der Waals surface area (Å²) in [4.78, 5) is 11.1. The largest absolute Gasteiger partial charge is 0.357 e. The number of aromatic nitrogens is 2. The summed E-state index contributed by atoms with van der Waals surface area (Å²) in [5.41, 5.74) is 0. The van der Waals surface area contributed by atoms with Crippen molar-refractivity contribution in [3.63, 3.8) is 0 Å². The van der Waals surface area contributed by atoms with E-state index < -0.39 is 0 Å². The summed E-state index contributed by atoms with van der Waals surface area (Å²) in [5, 5.41) is 6.60. The second-order valence-electron chi connectivity index (χ2n) is 2.43. The summed E-state index contributed by atoms with van der Waals surface area (Å²) in [6.07, 6.45) is 3.56. The molecule has 1 aromatic rings. The third-order valence-electron chi connectivity index (χ3n) is 1.59. The van der Waals surface area contributed by atoms with Gasteiger partial charge in [-0.1, -0.05) is 0 Å². The molecule has 66 valence electrons. The maximum atomic E-state index is 11.1. The van der Waals surface area contributed by atoms with Gasteiger partial charge in [-0.2, -0.15) is 5.10 Å². The van der Waals surface area contributed by atoms with Crippen LogP contribution in [0.25, 0.3) is 0 Å². The van der Waals surface area contributed by atoms with Crippen molar-refractivity contribution in [2.24, 2.45) is 0 Å². The van der Waals surface area contributed by atoms with Crippen molar-refractivity contribution in [3.05, 3.63) is 16.0 Å². The van der Waals surface area contributed by atoms with E-state index in [1.54, 1.807) is 17.9 Å². The highest BCUT2D eigenvalue weighted by atomic mass is 127. The molecule has 0 aliphatic heterocycles. The van der Waals surface area contributed by atoms with E-state index in [1.165, 1.54) is 0 Å². The van der Waals surface area contributed by atoms with Crippen molar-refractivity contribution < 1.29 is 4.79 Å². The lowest BCUT2D eigenvalue weighted by molar-refractivity contribution is -0.123. The van der Waals surface area contributed by atoms with Crippen LogP contribution in [-0.2, 0) is 4.79 Å². The van der Waals surface area contributed by atoms with Crippen LogP contribution >= 0.6 is 22.6 Å². The van der Waals surface area contributed by atoms with Gasteiger partial charge in [-0.15, -0.1) is 0 Å². The van der Waals surface area contributed by atoms with Crippen LogP contribution < -0.4 is 5.32 Å². The zero-order valence-corrected chi connectivity index (χ0v) is 9.07. The number of nitrogens with one attached hydrogen (secondary N) is 1. The lowest BCUT2D eigenvalue weighted by Gasteiger charge is -2.09. The van der Waals surface area contributed by atoms with E-state index in [4.69, 9.17) is 0 Å². The van der Waals surface area contributed by atoms with Gasteiger partial charge in [0.05, 0.1) is 9.77 Å². The standard InChI is InChI=1S/C7H10IN3O/c1-5(7(12)9-2)11-4-6(8)3-10-11/h3-5H,1-2H3,(H,9,12). The minimum absolute atomic E-state index is 0.0329. The van der Waals surface area contributed by atoms with Gasteiger partial charge in [0.2, 0.25) is 5.91 Å². The Morgan fingerprint density at radius 1 is 1.83 bits per heavy atom. The van der Waals surface area contributed by atoms with E-state index in [-0.39, 0.29) is 11.9 Å². The molecule has 1 atom stereocenters. The first-order valence-corrected chi connectivity index (χ1v) is 4.64. The number of hydrogen-bond donors (Lipinski definition) is 1. The third-order valence-corrected chi connectivity index (χ3v) is 2.15. The molecule has 12 heavy (non-hydrogen) atoms. The molecule has 0 saturated carbocycles. The fourth-order valence-corrected chi connectivity index (χ4v) is 1.27. The highest BCUT2D eigenvalue weighted by Gasteiger charge is 2.12. The Morgan fingerprint density at radius 2 is 2.50 bits per heavy atom. The van der Waals surface area contributed by atoms with Gasteiger partial charge < -0.3 is 5.32 Å². The van der Waals surface area contributed by atoms with Crippen molar-refractivity contribution in [1.82, 2.24) is 15.1 Å². The molecule has 4 nitrogen and oxygen atoms in total. The molecule has 0 fully saturated rings. The molecule has 0 aromatic carbocycles. The molecular formula is C7H10IN3O. The SMILES string of the molecule is CNC(=O)C(C)n1cc(I)cn1. The molecule has 1 rings (SSSR count). The van der Waals surface area contributed by atoms with Gasteiger partial charge in [-0.05, 0) is 29.5 Å². The Labute approximate surface area is 84.5 Å². The van der Waals surface area contributed by atoms with Crippen molar-refractivity contribution in [1.29, 1.82) is 0 Å². The molecule has 0 saturated heterocycles. The summed E-state index contributed by atoms with van der Waals surface area (Å²) in [6, 6.07) is -0.237. The van der Waals surface area contributed by atoms with E-state index in [0.29, 0.717) is 0 Å². The molecule has 1 amide bonds. The quantitative estimate of drug-likeness (QED) is 0.814. The van der Waals surface area contributed by atoms with Crippen LogP contribution in [0, 0.1) is 3.57 Å².